The van der Waals surface area contributed by atoms with E-state index < -0.39 is 5.97 Å². The Morgan fingerprint density at radius 1 is 1.50 bits per heavy atom. The first-order chi connectivity index (χ1) is 8.58. The molecule has 1 aliphatic heterocycles. The fourth-order valence-electron chi connectivity index (χ4n) is 2.17. The van der Waals surface area contributed by atoms with Gasteiger partial charge < -0.3 is 15.3 Å². The van der Waals surface area contributed by atoms with E-state index in [2.05, 4.69) is 10.3 Å². The number of carboxylic acids is 1. The van der Waals surface area contributed by atoms with Crippen LogP contribution in [0.25, 0.3) is 0 Å². The number of hydrogen-bond donors (Lipinski definition) is 2. The molecule has 0 aromatic carbocycles. The molecule has 1 aromatic heterocycles. The second-order valence-corrected chi connectivity index (χ2v) is 4.82. The third kappa shape index (κ3) is 2.91. The van der Waals surface area contributed by atoms with Gasteiger partial charge in [0, 0.05) is 13.1 Å². The summed E-state index contributed by atoms with van der Waals surface area (Å²) in [6, 6.07) is 3.30. The minimum atomic E-state index is -0.987. The van der Waals surface area contributed by atoms with Gasteiger partial charge in [0.05, 0.1) is 5.56 Å². The van der Waals surface area contributed by atoms with Gasteiger partial charge in [0.15, 0.2) is 0 Å². The molecular weight excluding hydrogens is 254 g/mol. The predicted molar refractivity (Wildman–Crippen MR) is 70.5 cm³/mol. The second-order valence-electron chi connectivity index (χ2n) is 4.43. The number of piperidine rings is 1. The molecule has 0 radical (unpaired) electrons. The van der Waals surface area contributed by atoms with E-state index in [1.165, 1.54) is 6.07 Å². The normalized spacial score (nSPS) is 16.6. The highest BCUT2D eigenvalue weighted by Crippen LogP contribution is 2.21. The van der Waals surface area contributed by atoms with Gasteiger partial charge in [-0.3, -0.25) is 0 Å². The SMILES string of the molecule is CN(c1cc(C(=O)O)cc(Cl)n1)C1CCNCC1. The van der Waals surface area contributed by atoms with E-state index in [9.17, 15) is 4.79 Å². The Kier molecular flexibility index (Phi) is 4.04. The zero-order valence-corrected chi connectivity index (χ0v) is 10.9. The highest BCUT2D eigenvalue weighted by Gasteiger charge is 2.20. The van der Waals surface area contributed by atoms with Gasteiger partial charge in [-0.05, 0) is 38.1 Å². The number of halogens is 1. The Morgan fingerprint density at radius 3 is 2.78 bits per heavy atom. The van der Waals surface area contributed by atoms with Crippen LogP contribution < -0.4 is 10.2 Å². The molecule has 2 N–H and O–H groups in total. The number of aromatic carboxylic acids is 1. The van der Waals surface area contributed by atoms with Crippen LogP contribution in [0.15, 0.2) is 12.1 Å². The predicted octanol–water partition coefficient (Wildman–Crippen LogP) is 1.62. The molecule has 0 saturated carbocycles. The van der Waals surface area contributed by atoms with Gasteiger partial charge in [-0.1, -0.05) is 11.6 Å². The zero-order chi connectivity index (χ0) is 13.1. The maximum atomic E-state index is 11.0. The Labute approximate surface area is 111 Å². The van der Waals surface area contributed by atoms with Crippen LogP contribution in [-0.4, -0.2) is 42.2 Å². The van der Waals surface area contributed by atoms with Gasteiger partial charge in [0.25, 0.3) is 0 Å². The highest BCUT2D eigenvalue weighted by atomic mass is 35.5. The lowest BCUT2D eigenvalue weighted by Gasteiger charge is -2.32. The van der Waals surface area contributed by atoms with Crippen molar-refractivity contribution < 1.29 is 9.90 Å². The molecule has 1 aliphatic rings. The lowest BCUT2D eigenvalue weighted by atomic mass is 10.1. The van der Waals surface area contributed by atoms with Crippen molar-refractivity contribution in [3.8, 4) is 0 Å². The number of aromatic nitrogens is 1. The van der Waals surface area contributed by atoms with Gasteiger partial charge in [-0.2, -0.15) is 0 Å². The maximum Gasteiger partial charge on any atom is 0.335 e. The number of carboxylic acid groups (broad SMARTS) is 1. The molecule has 98 valence electrons. The molecule has 2 rings (SSSR count). The fraction of sp³-hybridized carbons (Fsp3) is 0.500. The van der Waals surface area contributed by atoms with Crippen LogP contribution in [0.2, 0.25) is 5.15 Å². The van der Waals surface area contributed by atoms with Crippen LogP contribution in [0, 0.1) is 0 Å². The van der Waals surface area contributed by atoms with E-state index in [0.717, 1.165) is 25.9 Å². The van der Waals surface area contributed by atoms with Gasteiger partial charge in [-0.25, -0.2) is 9.78 Å². The van der Waals surface area contributed by atoms with E-state index in [0.29, 0.717) is 11.9 Å². The van der Waals surface area contributed by atoms with Crippen LogP contribution >= 0.6 is 11.6 Å². The van der Waals surface area contributed by atoms with Crippen molar-refractivity contribution in [2.45, 2.75) is 18.9 Å². The first-order valence-corrected chi connectivity index (χ1v) is 6.30. The van der Waals surface area contributed by atoms with Crippen LogP contribution in [0.3, 0.4) is 0 Å². The molecular formula is C12H16ClN3O2. The van der Waals surface area contributed by atoms with E-state index in [4.69, 9.17) is 16.7 Å². The monoisotopic (exact) mass is 269 g/mol. The van der Waals surface area contributed by atoms with Crippen molar-refractivity contribution in [3.63, 3.8) is 0 Å². The Morgan fingerprint density at radius 2 is 2.17 bits per heavy atom. The molecule has 5 nitrogen and oxygen atoms in total. The summed E-state index contributed by atoms with van der Waals surface area (Å²) in [5.41, 5.74) is 0.172. The number of pyridine rings is 1. The fourth-order valence-corrected chi connectivity index (χ4v) is 2.37. The molecule has 0 amide bonds. The number of nitrogens with one attached hydrogen (secondary N) is 1. The average molecular weight is 270 g/mol. The minimum Gasteiger partial charge on any atom is -0.478 e. The van der Waals surface area contributed by atoms with Crippen molar-refractivity contribution >= 4 is 23.4 Å². The first-order valence-electron chi connectivity index (χ1n) is 5.92. The van der Waals surface area contributed by atoms with Gasteiger partial charge >= 0.3 is 5.97 Å². The number of hydrogen-bond acceptors (Lipinski definition) is 4. The molecule has 0 aliphatic carbocycles. The third-order valence-corrected chi connectivity index (χ3v) is 3.44. The first kappa shape index (κ1) is 13.1. The van der Waals surface area contributed by atoms with E-state index in [1.54, 1.807) is 6.07 Å². The van der Waals surface area contributed by atoms with Crippen molar-refractivity contribution in [2.75, 3.05) is 25.0 Å². The summed E-state index contributed by atoms with van der Waals surface area (Å²) in [5, 5.41) is 12.5. The van der Waals surface area contributed by atoms with Crippen LogP contribution in [0.1, 0.15) is 23.2 Å². The zero-order valence-electron chi connectivity index (χ0n) is 10.2. The van der Waals surface area contributed by atoms with Crippen molar-refractivity contribution in [1.29, 1.82) is 0 Å². The van der Waals surface area contributed by atoms with Crippen molar-refractivity contribution in [1.82, 2.24) is 10.3 Å². The standard InChI is InChI=1S/C12H16ClN3O2/c1-16(9-2-4-14-5-3-9)11-7-8(12(17)18)6-10(13)15-11/h6-7,9,14H,2-5H2,1H3,(H,17,18). The molecule has 0 bridgehead atoms. The summed E-state index contributed by atoms with van der Waals surface area (Å²) in [4.78, 5) is 17.2. The van der Waals surface area contributed by atoms with E-state index in [-0.39, 0.29) is 10.7 Å². The number of anilines is 1. The molecule has 0 unspecified atom stereocenters. The number of carbonyl (C=O) groups is 1. The van der Waals surface area contributed by atoms with E-state index >= 15 is 0 Å². The lowest BCUT2D eigenvalue weighted by molar-refractivity contribution is 0.0697. The largest absolute Gasteiger partial charge is 0.478 e. The molecule has 6 heteroatoms. The van der Waals surface area contributed by atoms with Crippen LogP contribution in [0.5, 0.6) is 0 Å². The number of rotatable bonds is 3. The van der Waals surface area contributed by atoms with Crippen molar-refractivity contribution in [3.05, 3.63) is 22.8 Å². The quantitative estimate of drug-likeness (QED) is 0.817. The van der Waals surface area contributed by atoms with Gasteiger partial charge in [0.1, 0.15) is 11.0 Å². The summed E-state index contributed by atoms with van der Waals surface area (Å²) in [6.45, 7) is 1.95. The molecule has 18 heavy (non-hydrogen) atoms. The van der Waals surface area contributed by atoms with Gasteiger partial charge in [0.2, 0.25) is 0 Å². The average Bonchev–Trinajstić information content (AvgIpc) is 2.38. The smallest absolute Gasteiger partial charge is 0.335 e. The molecule has 0 atom stereocenters. The third-order valence-electron chi connectivity index (χ3n) is 3.25. The molecule has 1 aromatic rings. The van der Waals surface area contributed by atoms with Crippen LogP contribution in [-0.2, 0) is 0 Å². The molecule has 0 spiro atoms. The molecule has 1 saturated heterocycles. The second kappa shape index (κ2) is 5.54. The topological polar surface area (TPSA) is 65.5 Å². The molecule has 2 heterocycles. The Hall–Kier alpha value is -1.33. The molecule has 1 fully saturated rings. The lowest BCUT2D eigenvalue weighted by Crippen LogP contribution is -2.41. The van der Waals surface area contributed by atoms with Gasteiger partial charge in [-0.15, -0.1) is 0 Å². The Balaban J connectivity index is 2.23. The van der Waals surface area contributed by atoms with Crippen molar-refractivity contribution in [2.24, 2.45) is 0 Å². The highest BCUT2D eigenvalue weighted by molar-refractivity contribution is 6.29. The van der Waals surface area contributed by atoms with Crippen LogP contribution in [0.4, 0.5) is 5.82 Å². The summed E-state index contributed by atoms with van der Waals surface area (Å²) < 4.78 is 0. The summed E-state index contributed by atoms with van der Waals surface area (Å²) >= 11 is 5.86. The maximum absolute atomic E-state index is 11.0. The summed E-state index contributed by atoms with van der Waals surface area (Å²) in [5.74, 6) is -0.369. The Bertz CT molecular complexity index is 447. The number of nitrogens with zero attached hydrogens (tertiary/aromatic N) is 2. The summed E-state index contributed by atoms with van der Waals surface area (Å²) in [6.07, 6.45) is 2.04. The minimum absolute atomic E-state index is 0.172. The summed E-state index contributed by atoms with van der Waals surface area (Å²) in [7, 11) is 1.93. The van der Waals surface area contributed by atoms with E-state index in [1.807, 2.05) is 11.9 Å².